The van der Waals surface area contributed by atoms with Gasteiger partial charge in [0.1, 0.15) is 17.0 Å². The molecule has 3 aromatic carbocycles. The van der Waals surface area contributed by atoms with Crippen molar-refractivity contribution < 1.29 is 9.53 Å². The Balaban J connectivity index is 1.60. The van der Waals surface area contributed by atoms with Crippen molar-refractivity contribution in [1.82, 2.24) is 9.88 Å². The van der Waals surface area contributed by atoms with E-state index in [0.717, 1.165) is 35.6 Å². The van der Waals surface area contributed by atoms with Crippen LogP contribution in [0, 0.1) is 0 Å². The Morgan fingerprint density at radius 3 is 2.27 bits per heavy atom. The molecule has 1 amide bonds. The number of nitrogens with zero attached hydrogens (tertiary/aromatic N) is 3. The standard InChI is InChI=1S/C26H26ClN3O2S/c1-3-29(4-2)17-18-30(26-28-24-22(27)11-8-12-23(24)33-26)25(31)19-13-15-21(16-14-19)32-20-9-6-5-7-10-20/h5-16H,3-4,17-18H2,1-2H3. The molecule has 0 saturated heterocycles. The highest BCUT2D eigenvalue weighted by atomic mass is 35.5. The van der Waals surface area contributed by atoms with Gasteiger partial charge in [-0.2, -0.15) is 0 Å². The molecule has 0 fully saturated rings. The molecule has 5 nitrogen and oxygen atoms in total. The quantitative estimate of drug-likeness (QED) is 0.267. The van der Waals surface area contributed by atoms with Gasteiger partial charge in [0.15, 0.2) is 5.13 Å². The molecule has 0 N–H and O–H groups in total. The molecule has 0 aliphatic carbocycles. The van der Waals surface area contributed by atoms with Gasteiger partial charge in [-0.05, 0) is 61.6 Å². The van der Waals surface area contributed by atoms with E-state index in [4.69, 9.17) is 21.3 Å². The number of ether oxygens (including phenoxy) is 1. The second kappa shape index (κ2) is 10.8. The zero-order chi connectivity index (χ0) is 23.2. The van der Waals surface area contributed by atoms with E-state index >= 15 is 0 Å². The fourth-order valence-electron chi connectivity index (χ4n) is 3.53. The maximum atomic E-state index is 13.6. The molecule has 4 rings (SSSR count). The molecule has 1 aromatic heterocycles. The smallest absolute Gasteiger partial charge is 0.260 e. The summed E-state index contributed by atoms with van der Waals surface area (Å²) in [7, 11) is 0. The van der Waals surface area contributed by atoms with Crippen LogP contribution < -0.4 is 9.64 Å². The third-order valence-electron chi connectivity index (χ3n) is 5.45. The molecule has 0 bridgehead atoms. The number of likely N-dealkylation sites (N-methyl/N-ethyl adjacent to an activating group) is 1. The van der Waals surface area contributed by atoms with Gasteiger partial charge < -0.3 is 9.64 Å². The summed E-state index contributed by atoms with van der Waals surface area (Å²) in [4.78, 5) is 22.3. The number of carbonyl (C=O) groups is 1. The Morgan fingerprint density at radius 1 is 0.909 bits per heavy atom. The fraction of sp³-hybridized carbons (Fsp3) is 0.231. The van der Waals surface area contributed by atoms with Gasteiger partial charge in [-0.1, -0.05) is 61.1 Å². The van der Waals surface area contributed by atoms with Crippen LogP contribution in [0.2, 0.25) is 5.02 Å². The van der Waals surface area contributed by atoms with Gasteiger partial charge in [-0.3, -0.25) is 9.69 Å². The summed E-state index contributed by atoms with van der Waals surface area (Å²) < 4.78 is 6.83. The fourth-order valence-corrected chi connectivity index (χ4v) is 4.82. The van der Waals surface area contributed by atoms with Crippen molar-refractivity contribution >= 4 is 44.2 Å². The Bertz CT molecular complexity index is 1210. The molecule has 0 atom stereocenters. The molecule has 0 saturated carbocycles. The first kappa shape index (κ1) is 23.2. The van der Waals surface area contributed by atoms with Crippen molar-refractivity contribution in [3.05, 3.63) is 83.4 Å². The molecule has 1 heterocycles. The SMILES string of the molecule is CCN(CC)CCN(C(=O)c1ccc(Oc2ccccc2)cc1)c1nc2c(Cl)cccc2s1. The third kappa shape index (κ3) is 5.53. The van der Waals surface area contributed by atoms with Gasteiger partial charge in [0.05, 0.1) is 9.72 Å². The van der Waals surface area contributed by atoms with Crippen molar-refractivity contribution in [1.29, 1.82) is 0 Å². The van der Waals surface area contributed by atoms with Crippen molar-refractivity contribution in [3.8, 4) is 11.5 Å². The Kier molecular flexibility index (Phi) is 7.60. The van der Waals surface area contributed by atoms with Gasteiger partial charge in [0, 0.05) is 18.7 Å². The third-order valence-corrected chi connectivity index (χ3v) is 6.80. The summed E-state index contributed by atoms with van der Waals surface area (Å²) >= 11 is 7.83. The molecule has 0 unspecified atom stereocenters. The zero-order valence-corrected chi connectivity index (χ0v) is 20.3. The largest absolute Gasteiger partial charge is 0.457 e. The number of fused-ring (bicyclic) bond motifs is 1. The molecule has 0 aliphatic rings. The topological polar surface area (TPSA) is 45.7 Å². The van der Waals surface area contributed by atoms with E-state index in [9.17, 15) is 4.79 Å². The second-order valence-corrected chi connectivity index (χ2v) is 8.92. The maximum absolute atomic E-state index is 13.6. The second-order valence-electron chi connectivity index (χ2n) is 7.51. The Morgan fingerprint density at radius 2 is 1.61 bits per heavy atom. The minimum absolute atomic E-state index is 0.0939. The van der Waals surface area contributed by atoms with E-state index in [1.54, 1.807) is 17.0 Å². The molecule has 33 heavy (non-hydrogen) atoms. The first-order valence-corrected chi connectivity index (χ1v) is 12.2. The number of aromatic nitrogens is 1. The van der Waals surface area contributed by atoms with E-state index in [1.165, 1.54) is 11.3 Å². The molecule has 4 aromatic rings. The van der Waals surface area contributed by atoms with E-state index in [-0.39, 0.29) is 5.91 Å². The summed E-state index contributed by atoms with van der Waals surface area (Å²) in [6.45, 7) is 7.40. The highest BCUT2D eigenvalue weighted by Gasteiger charge is 2.22. The minimum Gasteiger partial charge on any atom is -0.457 e. The predicted octanol–water partition coefficient (Wildman–Crippen LogP) is 6.73. The Labute approximate surface area is 203 Å². The van der Waals surface area contributed by atoms with Crippen LogP contribution in [-0.2, 0) is 0 Å². The van der Waals surface area contributed by atoms with Crippen LogP contribution in [0.1, 0.15) is 24.2 Å². The molecular formula is C26H26ClN3O2S. The van der Waals surface area contributed by atoms with Crippen molar-refractivity contribution in [2.75, 3.05) is 31.1 Å². The maximum Gasteiger partial charge on any atom is 0.260 e. The lowest BCUT2D eigenvalue weighted by Crippen LogP contribution is -2.38. The van der Waals surface area contributed by atoms with E-state index in [0.29, 0.717) is 28.0 Å². The lowest BCUT2D eigenvalue weighted by Gasteiger charge is -2.24. The highest BCUT2D eigenvalue weighted by Crippen LogP contribution is 2.33. The first-order chi connectivity index (χ1) is 16.1. The average Bonchev–Trinajstić information content (AvgIpc) is 3.28. The lowest BCUT2D eigenvalue weighted by atomic mass is 10.2. The summed E-state index contributed by atoms with van der Waals surface area (Å²) in [6, 6.07) is 22.5. The lowest BCUT2D eigenvalue weighted by molar-refractivity contribution is 0.0984. The monoisotopic (exact) mass is 479 g/mol. The highest BCUT2D eigenvalue weighted by molar-refractivity contribution is 7.22. The van der Waals surface area contributed by atoms with Crippen LogP contribution in [0.25, 0.3) is 10.2 Å². The molecule has 0 aliphatic heterocycles. The molecule has 170 valence electrons. The number of hydrogen-bond acceptors (Lipinski definition) is 5. The zero-order valence-electron chi connectivity index (χ0n) is 18.7. The van der Waals surface area contributed by atoms with Gasteiger partial charge in [0.2, 0.25) is 0 Å². The van der Waals surface area contributed by atoms with E-state index in [2.05, 4.69) is 18.7 Å². The van der Waals surface area contributed by atoms with Crippen LogP contribution in [0.15, 0.2) is 72.8 Å². The molecular weight excluding hydrogens is 454 g/mol. The normalized spacial score (nSPS) is 11.2. The number of amides is 1. The Hall–Kier alpha value is -2.93. The number of thiazole rings is 1. The number of halogens is 1. The van der Waals surface area contributed by atoms with Crippen LogP contribution >= 0.6 is 22.9 Å². The van der Waals surface area contributed by atoms with Crippen LogP contribution in [0.3, 0.4) is 0 Å². The van der Waals surface area contributed by atoms with Gasteiger partial charge >= 0.3 is 0 Å². The minimum atomic E-state index is -0.0939. The van der Waals surface area contributed by atoms with Crippen LogP contribution in [-0.4, -0.2) is 42.0 Å². The summed E-state index contributed by atoms with van der Waals surface area (Å²) in [6.07, 6.45) is 0. The number of hydrogen-bond donors (Lipinski definition) is 0. The number of rotatable bonds is 9. The molecule has 0 radical (unpaired) electrons. The number of benzene rings is 3. The van der Waals surface area contributed by atoms with Crippen molar-refractivity contribution in [2.24, 2.45) is 0 Å². The summed E-state index contributed by atoms with van der Waals surface area (Å²) in [5.41, 5.74) is 1.31. The number of anilines is 1. The first-order valence-electron chi connectivity index (χ1n) is 11.0. The van der Waals surface area contributed by atoms with Gasteiger partial charge in [0.25, 0.3) is 5.91 Å². The van der Waals surface area contributed by atoms with Crippen molar-refractivity contribution in [2.45, 2.75) is 13.8 Å². The van der Waals surface area contributed by atoms with E-state index in [1.807, 2.05) is 60.7 Å². The molecule has 7 heteroatoms. The number of carbonyl (C=O) groups excluding carboxylic acids is 1. The summed E-state index contributed by atoms with van der Waals surface area (Å²) in [5.74, 6) is 1.34. The average molecular weight is 480 g/mol. The van der Waals surface area contributed by atoms with Gasteiger partial charge in [-0.25, -0.2) is 4.98 Å². The number of para-hydroxylation sites is 2. The molecule has 0 spiro atoms. The predicted molar refractivity (Wildman–Crippen MR) is 137 cm³/mol. The van der Waals surface area contributed by atoms with Crippen molar-refractivity contribution in [3.63, 3.8) is 0 Å². The van der Waals surface area contributed by atoms with Gasteiger partial charge in [-0.15, -0.1) is 0 Å². The van der Waals surface area contributed by atoms with E-state index < -0.39 is 0 Å². The van der Waals surface area contributed by atoms with Crippen LogP contribution in [0.4, 0.5) is 5.13 Å². The van der Waals surface area contributed by atoms with Crippen LogP contribution in [0.5, 0.6) is 11.5 Å². The summed E-state index contributed by atoms with van der Waals surface area (Å²) in [5, 5.41) is 1.24.